The monoisotopic (exact) mass is 154 g/mol. The largest absolute Gasteiger partial charge is 0.460 e. The van der Waals surface area contributed by atoms with Gasteiger partial charge in [0.15, 0.2) is 0 Å². The predicted molar refractivity (Wildman–Crippen MR) is 39.4 cm³/mol. The molecule has 0 aliphatic carbocycles. The molecule has 60 valence electrons. The van der Waals surface area contributed by atoms with Crippen LogP contribution in [0.2, 0.25) is 0 Å². The van der Waals surface area contributed by atoms with Crippen LogP contribution < -0.4 is 0 Å². The van der Waals surface area contributed by atoms with E-state index in [1.807, 2.05) is 0 Å². The zero-order valence-electron chi connectivity index (χ0n) is 6.59. The maximum absolute atomic E-state index is 10.9. The number of carbonyl (C=O) groups is 1. The Hall–Kier alpha value is -1.25. The maximum atomic E-state index is 10.9. The summed E-state index contributed by atoms with van der Waals surface area (Å²) in [4.78, 5) is 10.9. The van der Waals surface area contributed by atoms with Crippen molar-refractivity contribution in [3.8, 4) is 0 Å². The molecule has 0 spiro atoms. The maximum Gasteiger partial charge on any atom is 0.374 e. The highest BCUT2D eigenvalue weighted by Crippen LogP contribution is 2.07. The van der Waals surface area contributed by atoms with Crippen molar-refractivity contribution in [3.63, 3.8) is 0 Å². The molecule has 0 fully saturated rings. The molecule has 0 aliphatic heterocycles. The summed E-state index contributed by atoms with van der Waals surface area (Å²) in [6.45, 7) is 3.91. The van der Waals surface area contributed by atoms with Gasteiger partial charge < -0.3 is 9.15 Å². The summed E-state index contributed by atoms with van der Waals surface area (Å²) in [6, 6.07) is 3.33. The molecule has 0 atom stereocenters. The molecule has 3 nitrogen and oxygen atoms in total. The molecule has 0 unspecified atom stereocenters. The molecule has 0 radical (unpaired) electrons. The Morgan fingerprint density at radius 1 is 1.64 bits per heavy atom. The van der Waals surface area contributed by atoms with Crippen LogP contribution in [0, 0.1) is 6.92 Å². The standard InChI is InChI=1S/C8H10O3/c1-3-10-8(9)7-5-4-6(2)11-7/h4-5H,3H2,1-2H3. The van der Waals surface area contributed by atoms with Gasteiger partial charge in [-0.1, -0.05) is 0 Å². The molecule has 1 rings (SSSR count). The lowest BCUT2D eigenvalue weighted by atomic mass is 10.4. The quantitative estimate of drug-likeness (QED) is 0.609. The molecule has 1 aromatic rings. The topological polar surface area (TPSA) is 39.4 Å². The molecule has 0 N–H and O–H groups in total. The Labute approximate surface area is 65.0 Å². The first-order valence-electron chi connectivity index (χ1n) is 3.47. The van der Waals surface area contributed by atoms with E-state index in [4.69, 9.17) is 9.15 Å². The van der Waals surface area contributed by atoms with E-state index in [-0.39, 0.29) is 5.76 Å². The van der Waals surface area contributed by atoms with Crippen LogP contribution in [0.5, 0.6) is 0 Å². The van der Waals surface area contributed by atoms with E-state index < -0.39 is 5.97 Å². The Bertz CT molecular complexity index is 250. The number of aryl methyl sites for hydroxylation is 1. The summed E-state index contributed by atoms with van der Waals surface area (Å²) in [5.74, 6) is 0.581. The van der Waals surface area contributed by atoms with Crippen LogP contribution in [0.3, 0.4) is 0 Å². The van der Waals surface area contributed by atoms with Crippen molar-refractivity contribution < 1.29 is 13.9 Å². The van der Waals surface area contributed by atoms with E-state index in [0.717, 1.165) is 0 Å². The van der Waals surface area contributed by atoms with E-state index in [0.29, 0.717) is 12.4 Å². The molecular formula is C8H10O3. The lowest BCUT2D eigenvalue weighted by Crippen LogP contribution is -2.02. The van der Waals surface area contributed by atoms with Crippen molar-refractivity contribution in [1.29, 1.82) is 0 Å². The molecular weight excluding hydrogens is 144 g/mol. The van der Waals surface area contributed by atoms with Gasteiger partial charge in [-0.15, -0.1) is 0 Å². The zero-order chi connectivity index (χ0) is 8.27. The first-order chi connectivity index (χ1) is 5.24. The van der Waals surface area contributed by atoms with Gasteiger partial charge in [0.1, 0.15) is 5.76 Å². The first-order valence-corrected chi connectivity index (χ1v) is 3.47. The van der Waals surface area contributed by atoms with E-state index in [1.54, 1.807) is 26.0 Å². The van der Waals surface area contributed by atoms with E-state index >= 15 is 0 Å². The van der Waals surface area contributed by atoms with Crippen LogP contribution in [0.25, 0.3) is 0 Å². The van der Waals surface area contributed by atoms with Crippen molar-refractivity contribution in [2.24, 2.45) is 0 Å². The van der Waals surface area contributed by atoms with Crippen molar-refractivity contribution in [2.75, 3.05) is 6.61 Å². The molecule has 1 heterocycles. The number of furan rings is 1. The Morgan fingerprint density at radius 3 is 2.82 bits per heavy atom. The van der Waals surface area contributed by atoms with Gasteiger partial charge in [0.05, 0.1) is 6.61 Å². The second-order valence-electron chi connectivity index (χ2n) is 2.13. The number of ether oxygens (including phenoxy) is 1. The van der Waals surface area contributed by atoms with Crippen LogP contribution in [0.4, 0.5) is 0 Å². The summed E-state index contributed by atoms with van der Waals surface area (Å²) in [5.41, 5.74) is 0. The fourth-order valence-electron chi connectivity index (χ4n) is 0.746. The average molecular weight is 154 g/mol. The highest BCUT2D eigenvalue weighted by atomic mass is 16.5. The number of carbonyl (C=O) groups excluding carboxylic acids is 1. The highest BCUT2D eigenvalue weighted by molar-refractivity contribution is 5.86. The van der Waals surface area contributed by atoms with Crippen molar-refractivity contribution in [2.45, 2.75) is 13.8 Å². The minimum absolute atomic E-state index is 0.268. The van der Waals surface area contributed by atoms with Gasteiger partial charge in [-0.3, -0.25) is 0 Å². The Morgan fingerprint density at radius 2 is 2.36 bits per heavy atom. The normalized spacial score (nSPS) is 9.64. The van der Waals surface area contributed by atoms with Crippen LogP contribution >= 0.6 is 0 Å². The average Bonchev–Trinajstić information content (AvgIpc) is 2.36. The molecule has 0 aromatic carbocycles. The third-order valence-corrected chi connectivity index (χ3v) is 1.22. The number of hydrogen-bond donors (Lipinski definition) is 0. The van der Waals surface area contributed by atoms with Gasteiger partial charge in [0.25, 0.3) is 0 Å². The van der Waals surface area contributed by atoms with Gasteiger partial charge in [-0.2, -0.15) is 0 Å². The lowest BCUT2D eigenvalue weighted by Gasteiger charge is -1.95. The summed E-state index contributed by atoms with van der Waals surface area (Å²) < 4.78 is 9.73. The van der Waals surface area contributed by atoms with Crippen molar-refractivity contribution in [3.05, 3.63) is 23.7 Å². The van der Waals surface area contributed by atoms with Gasteiger partial charge in [-0.25, -0.2) is 4.79 Å². The lowest BCUT2D eigenvalue weighted by molar-refractivity contribution is 0.0488. The third kappa shape index (κ3) is 1.83. The molecule has 0 saturated carbocycles. The molecule has 0 amide bonds. The van der Waals surface area contributed by atoms with E-state index in [2.05, 4.69) is 0 Å². The SMILES string of the molecule is CCOC(=O)c1ccc(C)o1. The van der Waals surface area contributed by atoms with Crippen LogP contribution in [0.15, 0.2) is 16.5 Å². The van der Waals surface area contributed by atoms with Crippen LogP contribution in [-0.2, 0) is 4.74 Å². The van der Waals surface area contributed by atoms with Crippen LogP contribution in [-0.4, -0.2) is 12.6 Å². The second kappa shape index (κ2) is 3.23. The molecule has 1 aromatic heterocycles. The molecule has 3 heteroatoms. The number of hydrogen-bond acceptors (Lipinski definition) is 3. The smallest absolute Gasteiger partial charge is 0.374 e. The molecule has 11 heavy (non-hydrogen) atoms. The Kier molecular flexibility index (Phi) is 2.31. The number of esters is 1. The summed E-state index contributed by atoms with van der Waals surface area (Å²) in [5, 5.41) is 0. The van der Waals surface area contributed by atoms with Gasteiger partial charge >= 0.3 is 5.97 Å². The summed E-state index contributed by atoms with van der Waals surface area (Å²) in [6.07, 6.45) is 0. The van der Waals surface area contributed by atoms with E-state index in [9.17, 15) is 4.79 Å². The minimum atomic E-state index is -0.402. The second-order valence-corrected chi connectivity index (χ2v) is 2.13. The summed E-state index contributed by atoms with van der Waals surface area (Å²) in [7, 11) is 0. The van der Waals surface area contributed by atoms with Crippen LogP contribution in [0.1, 0.15) is 23.2 Å². The van der Waals surface area contributed by atoms with Gasteiger partial charge in [0, 0.05) is 0 Å². The number of rotatable bonds is 2. The summed E-state index contributed by atoms with van der Waals surface area (Å²) >= 11 is 0. The fourth-order valence-corrected chi connectivity index (χ4v) is 0.746. The van der Waals surface area contributed by atoms with Crippen molar-refractivity contribution in [1.82, 2.24) is 0 Å². The third-order valence-electron chi connectivity index (χ3n) is 1.22. The predicted octanol–water partition coefficient (Wildman–Crippen LogP) is 1.76. The Balaban J connectivity index is 2.69. The highest BCUT2D eigenvalue weighted by Gasteiger charge is 2.09. The fraction of sp³-hybridized carbons (Fsp3) is 0.375. The van der Waals surface area contributed by atoms with Gasteiger partial charge in [-0.05, 0) is 26.0 Å². The van der Waals surface area contributed by atoms with E-state index in [1.165, 1.54) is 0 Å². The van der Waals surface area contributed by atoms with Crippen molar-refractivity contribution >= 4 is 5.97 Å². The van der Waals surface area contributed by atoms with Gasteiger partial charge in [0.2, 0.25) is 5.76 Å². The molecule has 0 saturated heterocycles. The zero-order valence-corrected chi connectivity index (χ0v) is 6.59. The molecule has 0 aliphatic rings. The molecule has 0 bridgehead atoms. The first kappa shape index (κ1) is 7.85. The minimum Gasteiger partial charge on any atom is -0.460 e.